The smallest absolute Gasteiger partial charge is 0.239 e. The highest BCUT2D eigenvalue weighted by Gasteiger charge is 2.30. The van der Waals surface area contributed by atoms with E-state index in [9.17, 15) is 4.79 Å². The van der Waals surface area contributed by atoms with Crippen molar-refractivity contribution in [1.29, 1.82) is 0 Å². The number of nitrogens with one attached hydrogen (secondary N) is 1. The number of rotatable bonds is 6. The molecule has 5 rings (SSSR count). The fourth-order valence-electron chi connectivity index (χ4n) is 3.62. The van der Waals surface area contributed by atoms with Crippen molar-refractivity contribution in [3.8, 4) is 16.9 Å². The Balaban J connectivity index is 1.36. The number of hydrogen-bond acceptors (Lipinski definition) is 5. The number of amides is 1. The van der Waals surface area contributed by atoms with Crippen LogP contribution in [-0.4, -0.2) is 32.3 Å². The van der Waals surface area contributed by atoms with Gasteiger partial charge >= 0.3 is 0 Å². The van der Waals surface area contributed by atoms with Crippen LogP contribution in [0.2, 0.25) is 5.02 Å². The van der Waals surface area contributed by atoms with Gasteiger partial charge in [-0.2, -0.15) is 10.2 Å². The summed E-state index contributed by atoms with van der Waals surface area (Å²) in [7, 11) is 0. The highest BCUT2D eigenvalue weighted by atomic mass is 35.5. The molecule has 1 saturated heterocycles. The Kier molecular flexibility index (Phi) is 6.56. The maximum atomic E-state index is 12.4. The van der Waals surface area contributed by atoms with Gasteiger partial charge in [0.2, 0.25) is 5.91 Å². The number of thioether (sulfide) groups is 1. The van der Waals surface area contributed by atoms with Crippen molar-refractivity contribution in [3.63, 3.8) is 0 Å². The quantitative estimate of drug-likeness (QED) is 0.295. The van der Waals surface area contributed by atoms with Crippen LogP contribution in [0.5, 0.6) is 0 Å². The van der Waals surface area contributed by atoms with Crippen molar-refractivity contribution < 1.29 is 4.79 Å². The van der Waals surface area contributed by atoms with E-state index in [2.05, 4.69) is 15.5 Å². The van der Waals surface area contributed by atoms with Crippen LogP contribution < -0.4 is 5.32 Å². The van der Waals surface area contributed by atoms with Gasteiger partial charge < -0.3 is 5.32 Å². The number of amidine groups is 1. The molecule has 1 atom stereocenters. The maximum Gasteiger partial charge on any atom is 0.239 e. The summed E-state index contributed by atoms with van der Waals surface area (Å²) in [5.74, 6) is -0.0826. The van der Waals surface area contributed by atoms with Crippen molar-refractivity contribution in [2.24, 2.45) is 10.2 Å². The summed E-state index contributed by atoms with van der Waals surface area (Å²) in [5.41, 5.74) is 4.56. The summed E-state index contributed by atoms with van der Waals surface area (Å²) in [6.07, 6.45) is 4.16. The molecule has 168 valence electrons. The molecule has 1 fully saturated rings. The van der Waals surface area contributed by atoms with Gasteiger partial charge in [0, 0.05) is 22.3 Å². The Morgan fingerprint density at radius 3 is 2.56 bits per heavy atom. The first-order chi connectivity index (χ1) is 16.7. The summed E-state index contributed by atoms with van der Waals surface area (Å²) >= 11 is 7.43. The monoisotopic (exact) mass is 485 g/mol. The molecule has 2 heterocycles. The van der Waals surface area contributed by atoms with Crippen molar-refractivity contribution in [3.05, 3.63) is 107 Å². The third-order valence-electron chi connectivity index (χ3n) is 5.24. The van der Waals surface area contributed by atoms with Gasteiger partial charge in [-0.25, -0.2) is 4.68 Å². The molecule has 1 N–H and O–H groups in total. The first-order valence-corrected chi connectivity index (χ1v) is 11.9. The Hall–Kier alpha value is -3.68. The van der Waals surface area contributed by atoms with E-state index in [0.717, 1.165) is 28.1 Å². The molecule has 0 bridgehead atoms. The zero-order chi connectivity index (χ0) is 23.3. The second-order valence-electron chi connectivity index (χ2n) is 7.66. The van der Waals surface area contributed by atoms with Crippen molar-refractivity contribution in [2.45, 2.75) is 11.7 Å². The molecular weight excluding hydrogens is 466 g/mol. The van der Waals surface area contributed by atoms with Crippen LogP contribution in [0, 0.1) is 0 Å². The molecule has 6 nitrogen and oxygen atoms in total. The molecule has 4 aromatic rings. The summed E-state index contributed by atoms with van der Waals surface area (Å²) in [6, 6.07) is 27.4. The minimum Gasteiger partial charge on any atom is -0.303 e. The number of halogens is 1. The van der Waals surface area contributed by atoms with Gasteiger partial charge in [-0.05, 0) is 36.2 Å². The van der Waals surface area contributed by atoms with Crippen LogP contribution in [-0.2, 0) is 11.2 Å². The third-order valence-corrected chi connectivity index (χ3v) is 6.55. The van der Waals surface area contributed by atoms with Crippen LogP contribution >= 0.6 is 23.4 Å². The molecule has 1 aliphatic rings. The molecular formula is C26H20ClN5OS. The highest BCUT2D eigenvalue weighted by Crippen LogP contribution is 2.25. The van der Waals surface area contributed by atoms with Gasteiger partial charge in [-0.15, -0.1) is 5.10 Å². The number of carbonyl (C=O) groups excluding carboxylic acids is 1. The Morgan fingerprint density at radius 2 is 1.79 bits per heavy atom. The summed E-state index contributed by atoms with van der Waals surface area (Å²) in [4.78, 5) is 12.4. The second-order valence-corrected chi connectivity index (χ2v) is 9.29. The van der Waals surface area contributed by atoms with E-state index in [1.165, 1.54) is 11.8 Å². The van der Waals surface area contributed by atoms with Crippen LogP contribution in [0.4, 0.5) is 0 Å². The van der Waals surface area contributed by atoms with Crippen molar-refractivity contribution >= 4 is 40.7 Å². The van der Waals surface area contributed by atoms with Gasteiger partial charge in [-0.3, -0.25) is 4.79 Å². The number of para-hydroxylation sites is 1. The zero-order valence-corrected chi connectivity index (χ0v) is 19.6. The topological polar surface area (TPSA) is 71.6 Å². The third kappa shape index (κ3) is 5.11. The van der Waals surface area contributed by atoms with Gasteiger partial charge in [0.05, 0.1) is 17.2 Å². The molecule has 8 heteroatoms. The Labute approximate surface area is 206 Å². The number of nitrogens with zero attached hydrogens (tertiary/aromatic N) is 4. The van der Waals surface area contributed by atoms with E-state index in [4.69, 9.17) is 16.7 Å². The standard InChI is InChI=1S/C26H20ClN5OS/c27-21-11-7-8-18(14-21)15-23-25(33)29-26(34-23)30-28-16-20-17-32(22-12-5-2-6-13-22)31-24(20)19-9-3-1-4-10-19/h1-14,16-17,23H,15H2,(H,29,30,33). The average molecular weight is 486 g/mol. The normalized spacial score (nSPS) is 16.9. The summed E-state index contributed by atoms with van der Waals surface area (Å²) in [6.45, 7) is 0. The lowest BCUT2D eigenvalue weighted by Gasteiger charge is -2.05. The summed E-state index contributed by atoms with van der Waals surface area (Å²) < 4.78 is 1.82. The van der Waals surface area contributed by atoms with E-state index in [0.29, 0.717) is 16.6 Å². The Bertz CT molecular complexity index is 1370. The molecule has 1 aromatic heterocycles. The summed E-state index contributed by atoms with van der Waals surface area (Å²) in [5, 5.41) is 17.0. The number of benzene rings is 3. The lowest BCUT2D eigenvalue weighted by Crippen LogP contribution is -2.25. The fraction of sp³-hybridized carbons (Fsp3) is 0.0769. The van der Waals surface area contributed by atoms with Crippen LogP contribution in [0.1, 0.15) is 11.1 Å². The van der Waals surface area contributed by atoms with Crippen molar-refractivity contribution in [2.75, 3.05) is 0 Å². The molecule has 3 aromatic carbocycles. The van der Waals surface area contributed by atoms with Crippen LogP contribution in [0.25, 0.3) is 16.9 Å². The van der Waals surface area contributed by atoms with Crippen LogP contribution in [0.3, 0.4) is 0 Å². The van der Waals surface area contributed by atoms with Gasteiger partial charge in [0.1, 0.15) is 5.69 Å². The number of aromatic nitrogens is 2. The molecule has 0 spiro atoms. The predicted molar refractivity (Wildman–Crippen MR) is 139 cm³/mol. The molecule has 1 amide bonds. The van der Waals surface area contributed by atoms with E-state index in [1.807, 2.05) is 95.8 Å². The highest BCUT2D eigenvalue weighted by molar-refractivity contribution is 8.15. The van der Waals surface area contributed by atoms with Gasteiger partial charge in [-0.1, -0.05) is 84.0 Å². The fourth-order valence-corrected chi connectivity index (χ4v) is 4.80. The molecule has 1 unspecified atom stereocenters. The number of hydrogen-bond donors (Lipinski definition) is 1. The lowest BCUT2D eigenvalue weighted by atomic mass is 10.1. The number of carbonyl (C=O) groups is 1. The van der Waals surface area contributed by atoms with Gasteiger partial charge in [0.25, 0.3) is 0 Å². The molecule has 34 heavy (non-hydrogen) atoms. The average Bonchev–Trinajstić information content (AvgIpc) is 3.44. The second kappa shape index (κ2) is 10.1. The first-order valence-electron chi connectivity index (χ1n) is 10.7. The largest absolute Gasteiger partial charge is 0.303 e. The zero-order valence-electron chi connectivity index (χ0n) is 18.0. The first kappa shape index (κ1) is 22.1. The molecule has 0 radical (unpaired) electrons. The Morgan fingerprint density at radius 1 is 1.03 bits per heavy atom. The SMILES string of the molecule is O=C1N/C(=N\N=Cc2cn(-c3ccccc3)nc2-c2ccccc2)SC1Cc1cccc(Cl)c1. The van der Waals surface area contributed by atoms with E-state index >= 15 is 0 Å². The molecule has 0 aliphatic carbocycles. The molecule has 0 saturated carbocycles. The maximum absolute atomic E-state index is 12.4. The predicted octanol–water partition coefficient (Wildman–Crippen LogP) is 5.36. The van der Waals surface area contributed by atoms with E-state index < -0.39 is 0 Å². The van der Waals surface area contributed by atoms with Crippen molar-refractivity contribution in [1.82, 2.24) is 15.1 Å². The van der Waals surface area contributed by atoms with E-state index in [-0.39, 0.29) is 11.2 Å². The van der Waals surface area contributed by atoms with Gasteiger partial charge in [0.15, 0.2) is 5.17 Å². The van der Waals surface area contributed by atoms with E-state index in [1.54, 1.807) is 6.21 Å². The minimum atomic E-state index is -0.270. The molecule has 1 aliphatic heterocycles. The van der Waals surface area contributed by atoms with Crippen LogP contribution in [0.15, 0.2) is 101 Å². The lowest BCUT2D eigenvalue weighted by molar-refractivity contribution is -0.118. The minimum absolute atomic E-state index is 0.0826.